The maximum Gasteiger partial charge on any atom is 0.206 e. The summed E-state index contributed by atoms with van der Waals surface area (Å²) >= 11 is 0. The monoisotopic (exact) mass is 131 g/mol. The van der Waals surface area contributed by atoms with Gasteiger partial charge in [-0.1, -0.05) is 6.08 Å². The summed E-state index contributed by atoms with van der Waals surface area (Å²) in [5, 5.41) is 0. The molecule has 0 amide bonds. The first-order chi connectivity index (χ1) is 4.88. The molecule has 1 aliphatic carbocycles. The number of carbonyl (C=O) groups excluding carboxylic acids is 1. The van der Waals surface area contributed by atoms with Crippen LogP contribution in [0.3, 0.4) is 0 Å². The first-order valence-corrected chi connectivity index (χ1v) is 2.84. The van der Waals surface area contributed by atoms with Crippen LogP contribution >= 0.6 is 0 Å². The molecule has 0 unspecified atom stereocenters. The zero-order valence-corrected chi connectivity index (χ0v) is 5.03. The van der Waals surface area contributed by atoms with Crippen molar-refractivity contribution in [2.24, 2.45) is 9.98 Å². The minimum Gasteiger partial charge on any atom is -0.287 e. The molecule has 0 fully saturated rings. The second-order valence-electron chi connectivity index (χ2n) is 1.95. The van der Waals surface area contributed by atoms with Crippen molar-refractivity contribution in [1.29, 1.82) is 0 Å². The molecule has 47 valence electrons. The maximum absolute atomic E-state index is 10.9. The van der Waals surface area contributed by atoms with Crippen LogP contribution in [0.2, 0.25) is 0 Å². The molecule has 0 aromatic heterocycles. The minimum absolute atomic E-state index is 0.0914. The van der Waals surface area contributed by atoms with Crippen molar-refractivity contribution < 1.29 is 4.79 Å². The SMILES string of the molecule is O=C1C=CC=C2N=[C]N=C12. The van der Waals surface area contributed by atoms with E-state index in [1.165, 1.54) is 6.08 Å². The van der Waals surface area contributed by atoms with Gasteiger partial charge in [-0.25, -0.2) is 9.98 Å². The maximum atomic E-state index is 10.9. The number of fused-ring (bicyclic) bond motifs is 1. The highest BCUT2D eigenvalue weighted by molar-refractivity contribution is 6.52. The Morgan fingerprint density at radius 3 is 3.20 bits per heavy atom. The minimum atomic E-state index is -0.0914. The Hall–Kier alpha value is -1.51. The summed E-state index contributed by atoms with van der Waals surface area (Å²) in [6.45, 7) is 0. The Morgan fingerprint density at radius 1 is 1.50 bits per heavy atom. The Kier molecular flexibility index (Phi) is 0.917. The third kappa shape index (κ3) is 0.572. The Morgan fingerprint density at radius 2 is 2.40 bits per heavy atom. The average molecular weight is 131 g/mol. The number of aliphatic imine (C=N–C) groups is 2. The van der Waals surface area contributed by atoms with Crippen LogP contribution in [0, 0.1) is 0 Å². The molecule has 1 heterocycles. The van der Waals surface area contributed by atoms with Crippen molar-refractivity contribution in [1.82, 2.24) is 0 Å². The molecule has 2 rings (SSSR count). The van der Waals surface area contributed by atoms with Crippen molar-refractivity contribution in [2.75, 3.05) is 0 Å². The zero-order valence-electron chi connectivity index (χ0n) is 5.03. The fourth-order valence-electron chi connectivity index (χ4n) is 0.842. The van der Waals surface area contributed by atoms with E-state index in [0.29, 0.717) is 11.4 Å². The van der Waals surface area contributed by atoms with Crippen LogP contribution in [-0.4, -0.2) is 17.8 Å². The molecular formula is C7H3N2O. The second-order valence-corrected chi connectivity index (χ2v) is 1.95. The zero-order chi connectivity index (χ0) is 6.97. The van der Waals surface area contributed by atoms with E-state index in [2.05, 4.69) is 16.3 Å². The average Bonchev–Trinajstić information content (AvgIpc) is 2.36. The van der Waals surface area contributed by atoms with Crippen molar-refractivity contribution in [2.45, 2.75) is 0 Å². The fraction of sp³-hybridized carbons (Fsp3) is 0. The van der Waals surface area contributed by atoms with E-state index in [-0.39, 0.29) is 5.78 Å². The fourth-order valence-corrected chi connectivity index (χ4v) is 0.842. The molecule has 0 aromatic rings. The van der Waals surface area contributed by atoms with E-state index in [0.717, 1.165) is 0 Å². The molecule has 1 aliphatic heterocycles. The molecule has 0 bridgehead atoms. The Labute approximate surface area is 57.5 Å². The van der Waals surface area contributed by atoms with Crippen LogP contribution in [0.15, 0.2) is 33.9 Å². The van der Waals surface area contributed by atoms with Crippen LogP contribution < -0.4 is 0 Å². The van der Waals surface area contributed by atoms with Gasteiger partial charge < -0.3 is 0 Å². The Bertz CT molecular complexity index is 302. The summed E-state index contributed by atoms with van der Waals surface area (Å²) in [4.78, 5) is 18.3. The van der Waals surface area contributed by atoms with Gasteiger partial charge in [-0.05, 0) is 12.2 Å². The van der Waals surface area contributed by atoms with E-state index in [9.17, 15) is 4.79 Å². The number of hydrogen-bond donors (Lipinski definition) is 0. The molecule has 3 nitrogen and oxygen atoms in total. The largest absolute Gasteiger partial charge is 0.287 e. The van der Waals surface area contributed by atoms with Gasteiger partial charge in [0.15, 0.2) is 6.34 Å². The summed E-state index contributed by atoms with van der Waals surface area (Å²) < 4.78 is 0. The lowest BCUT2D eigenvalue weighted by atomic mass is 10.1. The molecule has 2 aliphatic rings. The van der Waals surface area contributed by atoms with E-state index >= 15 is 0 Å². The smallest absolute Gasteiger partial charge is 0.206 e. The van der Waals surface area contributed by atoms with Gasteiger partial charge in [-0.3, -0.25) is 4.79 Å². The normalized spacial score (nSPS) is 20.6. The third-order valence-corrected chi connectivity index (χ3v) is 1.31. The number of allylic oxidation sites excluding steroid dienone is 4. The lowest BCUT2D eigenvalue weighted by Gasteiger charge is -1.98. The summed E-state index contributed by atoms with van der Waals surface area (Å²) in [7, 11) is 0. The third-order valence-electron chi connectivity index (χ3n) is 1.31. The first kappa shape index (κ1) is 5.29. The predicted molar refractivity (Wildman–Crippen MR) is 37.1 cm³/mol. The molecule has 10 heavy (non-hydrogen) atoms. The molecule has 0 atom stereocenters. The van der Waals surface area contributed by atoms with Crippen LogP contribution in [0.1, 0.15) is 0 Å². The standard InChI is InChI=1S/C7H3N2O/c10-6-3-1-2-5-7(6)9-4-8-5/h1-3H. The predicted octanol–water partition coefficient (Wildman–Crippen LogP) is 0.369. The van der Waals surface area contributed by atoms with Crippen LogP contribution in [0.4, 0.5) is 0 Å². The molecule has 3 heteroatoms. The molecule has 0 aromatic carbocycles. The summed E-state index contributed by atoms with van der Waals surface area (Å²) in [5.41, 5.74) is 1.02. The topological polar surface area (TPSA) is 41.8 Å². The summed E-state index contributed by atoms with van der Waals surface area (Å²) in [6.07, 6.45) is 7.24. The molecular weight excluding hydrogens is 128 g/mol. The van der Waals surface area contributed by atoms with Crippen molar-refractivity contribution in [3.05, 3.63) is 23.9 Å². The molecule has 0 saturated heterocycles. The van der Waals surface area contributed by atoms with Gasteiger partial charge in [0.1, 0.15) is 5.71 Å². The number of hydrogen-bond acceptors (Lipinski definition) is 3. The van der Waals surface area contributed by atoms with Gasteiger partial charge in [0.2, 0.25) is 5.78 Å². The van der Waals surface area contributed by atoms with Gasteiger partial charge in [0.25, 0.3) is 0 Å². The van der Waals surface area contributed by atoms with E-state index in [1.807, 2.05) is 0 Å². The number of nitrogens with zero attached hydrogens (tertiary/aromatic N) is 2. The van der Waals surface area contributed by atoms with Gasteiger partial charge in [-0.15, -0.1) is 0 Å². The summed E-state index contributed by atoms with van der Waals surface area (Å²) in [5.74, 6) is -0.0914. The van der Waals surface area contributed by atoms with Gasteiger partial charge in [0, 0.05) is 0 Å². The number of rotatable bonds is 0. The molecule has 0 saturated carbocycles. The van der Waals surface area contributed by atoms with Crippen LogP contribution in [-0.2, 0) is 4.79 Å². The first-order valence-electron chi connectivity index (χ1n) is 2.84. The van der Waals surface area contributed by atoms with E-state index in [1.54, 1.807) is 12.2 Å². The van der Waals surface area contributed by atoms with Gasteiger partial charge >= 0.3 is 0 Å². The summed E-state index contributed by atoms with van der Waals surface area (Å²) in [6, 6.07) is 0. The lowest BCUT2D eigenvalue weighted by molar-refractivity contribution is -0.108. The van der Waals surface area contributed by atoms with Gasteiger partial charge in [0.05, 0.1) is 5.70 Å². The van der Waals surface area contributed by atoms with Gasteiger partial charge in [-0.2, -0.15) is 0 Å². The number of carbonyl (C=O) groups is 1. The molecule has 0 N–H and O–H groups in total. The lowest BCUT2D eigenvalue weighted by Crippen LogP contribution is -2.12. The highest BCUT2D eigenvalue weighted by Crippen LogP contribution is 2.11. The number of ketones is 1. The highest BCUT2D eigenvalue weighted by atomic mass is 16.1. The van der Waals surface area contributed by atoms with E-state index in [4.69, 9.17) is 0 Å². The quantitative estimate of drug-likeness (QED) is 0.438. The molecule has 0 spiro atoms. The molecule has 1 radical (unpaired) electrons. The van der Waals surface area contributed by atoms with Crippen LogP contribution in [0.5, 0.6) is 0 Å². The van der Waals surface area contributed by atoms with Crippen molar-refractivity contribution >= 4 is 17.8 Å². The second kappa shape index (κ2) is 1.73. The van der Waals surface area contributed by atoms with Crippen molar-refractivity contribution in [3.8, 4) is 0 Å². The Balaban J connectivity index is 2.54. The highest BCUT2D eigenvalue weighted by Gasteiger charge is 2.18. The van der Waals surface area contributed by atoms with Crippen LogP contribution in [0.25, 0.3) is 0 Å². The van der Waals surface area contributed by atoms with E-state index < -0.39 is 0 Å². The van der Waals surface area contributed by atoms with Crippen molar-refractivity contribution in [3.63, 3.8) is 0 Å².